The van der Waals surface area contributed by atoms with Crippen molar-refractivity contribution in [1.29, 1.82) is 0 Å². The zero-order valence-electron chi connectivity index (χ0n) is 15.9. The predicted octanol–water partition coefficient (Wildman–Crippen LogP) is 4.08. The molecular weight excluding hydrogens is 304 g/mol. The predicted molar refractivity (Wildman–Crippen MR) is 98.7 cm³/mol. The van der Waals surface area contributed by atoms with E-state index < -0.39 is 17.2 Å². The minimum Gasteiger partial charge on any atom is -0.461 e. The number of rotatable bonds is 11. The average Bonchev–Trinajstić information content (AvgIpc) is 2.41. The minimum absolute atomic E-state index is 0.0283. The summed E-state index contributed by atoms with van der Waals surface area (Å²) < 4.78 is 5.28. The second-order valence-electron chi connectivity index (χ2n) is 7.43. The summed E-state index contributed by atoms with van der Waals surface area (Å²) in [7, 11) is 0. The van der Waals surface area contributed by atoms with Crippen molar-refractivity contribution in [3.63, 3.8) is 0 Å². The van der Waals surface area contributed by atoms with Gasteiger partial charge in [0.05, 0.1) is 17.6 Å². The van der Waals surface area contributed by atoms with Gasteiger partial charge in [0.15, 0.2) is 0 Å². The third-order valence-electron chi connectivity index (χ3n) is 3.54. The second kappa shape index (κ2) is 10.5. The summed E-state index contributed by atoms with van der Waals surface area (Å²) in [6.07, 6.45) is 8.62. The lowest BCUT2D eigenvalue weighted by molar-refractivity contribution is -0.147. The van der Waals surface area contributed by atoms with Crippen LogP contribution in [0.3, 0.4) is 0 Å². The Hall–Kier alpha value is -1.39. The van der Waals surface area contributed by atoms with Crippen LogP contribution in [0.15, 0.2) is 36.0 Å². The Morgan fingerprint density at radius 3 is 2.25 bits per heavy atom. The van der Waals surface area contributed by atoms with Crippen molar-refractivity contribution in [2.45, 2.75) is 77.9 Å². The number of hydrogen-bond donors (Lipinski definition) is 2. The molecule has 0 amide bonds. The first-order valence-corrected chi connectivity index (χ1v) is 8.50. The number of hydrogen-bond acceptors (Lipinski definition) is 4. The Morgan fingerprint density at radius 2 is 1.75 bits per heavy atom. The number of carbonyl (C=O) groups excluding carboxylic acids is 1. The lowest BCUT2D eigenvalue weighted by Crippen LogP contribution is -2.25. The molecule has 0 aliphatic rings. The summed E-state index contributed by atoms with van der Waals surface area (Å²) in [5, 5.41) is 19.6. The van der Waals surface area contributed by atoms with Crippen molar-refractivity contribution in [1.82, 2.24) is 0 Å². The van der Waals surface area contributed by atoms with Crippen LogP contribution in [0, 0.1) is 0 Å². The van der Waals surface area contributed by atoms with Crippen LogP contribution in [0.4, 0.5) is 0 Å². The Balaban J connectivity index is 4.65. The number of carbonyl (C=O) groups is 1. The first-order chi connectivity index (χ1) is 10.9. The fraction of sp³-hybridized carbons (Fsp3) is 0.650. The second-order valence-corrected chi connectivity index (χ2v) is 7.43. The van der Waals surface area contributed by atoms with Crippen LogP contribution >= 0.6 is 0 Å². The number of aliphatic hydroxyl groups is 2. The molecule has 0 aliphatic carbocycles. The van der Waals surface area contributed by atoms with E-state index in [1.165, 1.54) is 11.6 Å². The van der Waals surface area contributed by atoms with Crippen molar-refractivity contribution in [3.05, 3.63) is 36.0 Å². The minimum atomic E-state index is -1.06. The molecule has 0 aromatic rings. The van der Waals surface area contributed by atoms with Crippen LogP contribution in [0.1, 0.15) is 66.7 Å². The lowest BCUT2D eigenvalue weighted by Gasteiger charge is -2.18. The molecule has 0 spiro atoms. The number of allylic oxidation sites excluding steroid dienone is 3. The van der Waals surface area contributed by atoms with Crippen molar-refractivity contribution >= 4 is 5.97 Å². The third kappa shape index (κ3) is 13.1. The van der Waals surface area contributed by atoms with E-state index in [4.69, 9.17) is 4.74 Å². The van der Waals surface area contributed by atoms with Gasteiger partial charge in [-0.3, -0.25) is 4.79 Å². The van der Waals surface area contributed by atoms with E-state index in [1.54, 1.807) is 20.8 Å². The molecule has 0 aliphatic heterocycles. The van der Waals surface area contributed by atoms with Crippen LogP contribution in [0.2, 0.25) is 0 Å². The molecule has 0 saturated heterocycles. The molecule has 0 saturated carbocycles. The molecule has 0 radical (unpaired) electrons. The zero-order valence-corrected chi connectivity index (χ0v) is 15.9. The molecule has 0 aromatic heterocycles. The van der Waals surface area contributed by atoms with E-state index in [0.29, 0.717) is 12.8 Å². The molecule has 0 fully saturated rings. The van der Waals surface area contributed by atoms with Gasteiger partial charge in [-0.2, -0.15) is 0 Å². The highest BCUT2D eigenvalue weighted by atomic mass is 16.5. The van der Waals surface area contributed by atoms with Gasteiger partial charge in [-0.1, -0.05) is 23.8 Å². The van der Waals surface area contributed by atoms with Crippen LogP contribution in [-0.4, -0.2) is 34.0 Å². The highest BCUT2D eigenvalue weighted by Gasteiger charge is 2.19. The highest BCUT2D eigenvalue weighted by molar-refractivity contribution is 5.70. The zero-order chi connectivity index (χ0) is 18.8. The van der Waals surface area contributed by atoms with Crippen LogP contribution in [-0.2, 0) is 9.53 Å². The number of esters is 1. The van der Waals surface area contributed by atoms with Crippen molar-refractivity contribution in [2.24, 2.45) is 0 Å². The summed E-state index contributed by atoms with van der Waals surface area (Å²) >= 11 is 0. The largest absolute Gasteiger partial charge is 0.461 e. The van der Waals surface area contributed by atoms with Crippen molar-refractivity contribution < 1.29 is 19.7 Å². The van der Waals surface area contributed by atoms with Gasteiger partial charge < -0.3 is 14.9 Å². The molecule has 0 bridgehead atoms. The smallest absolute Gasteiger partial charge is 0.309 e. The first kappa shape index (κ1) is 22.6. The van der Waals surface area contributed by atoms with E-state index >= 15 is 0 Å². The fourth-order valence-corrected chi connectivity index (χ4v) is 2.03. The topological polar surface area (TPSA) is 66.8 Å². The normalized spacial score (nSPS) is 14.7. The van der Waals surface area contributed by atoms with Gasteiger partial charge in [-0.05, 0) is 65.9 Å². The summed E-state index contributed by atoms with van der Waals surface area (Å²) in [6.45, 7) is 12.8. The van der Waals surface area contributed by atoms with Gasteiger partial charge in [-0.25, -0.2) is 0 Å². The third-order valence-corrected chi connectivity index (χ3v) is 3.54. The monoisotopic (exact) mass is 338 g/mol. The summed E-state index contributed by atoms with van der Waals surface area (Å²) in [5.41, 5.74) is 0.324. The molecule has 1 unspecified atom stereocenters. The maximum absolute atomic E-state index is 11.7. The molecular formula is C20H34O4. The molecule has 0 aromatic carbocycles. The lowest BCUT2D eigenvalue weighted by atomic mass is 9.99. The van der Waals surface area contributed by atoms with Crippen LogP contribution < -0.4 is 0 Å². The van der Waals surface area contributed by atoms with Crippen LogP contribution in [0.5, 0.6) is 0 Å². The maximum Gasteiger partial charge on any atom is 0.309 e. The van der Waals surface area contributed by atoms with Gasteiger partial charge in [-0.15, -0.1) is 6.58 Å². The van der Waals surface area contributed by atoms with Crippen LogP contribution in [0.25, 0.3) is 0 Å². The van der Waals surface area contributed by atoms with Gasteiger partial charge in [0.25, 0.3) is 0 Å². The van der Waals surface area contributed by atoms with Gasteiger partial charge in [0, 0.05) is 0 Å². The Kier molecular flexibility index (Phi) is 9.86. The van der Waals surface area contributed by atoms with Gasteiger partial charge in [0.1, 0.15) is 6.61 Å². The summed E-state index contributed by atoms with van der Waals surface area (Å²) in [5.74, 6) is -0.409. The van der Waals surface area contributed by atoms with E-state index in [9.17, 15) is 15.0 Å². The van der Waals surface area contributed by atoms with Gasteiger partial charge in [0.2, 0.25) is 0 Å². The fourth-order valence-electron chi connectivity index (χ4n) is 2.03. The van der Waals surface area contributed by atoms with E-state index in [2.05, 4.69) is 12.7 Å². The van der Waals surface area contributed by atoms with Gasteiger partial charge >= 0.3 is 5.97 Å². The summed E-state index contributed by atoms with van der Waals surface area (Å²) in [6, 6.07) is 0. The molecule has 4 nitrogen and oxygen atoms in total. The molecule has 0 heterocycles. The van der Waals surface area contributed by atoms with E-state index in [0.717, 1.165) is 18.4 Å². The number of ether oxygens (including phenoxy) is 1. The molecule has 4 heteroatoms. The standard InChI is InChI=1S/C20H34O4/c1-7-20(6,23)13-9-12-17(11-8-10-16(2)3)15-24-18(21)14-19(4,5)22/h7,10,12,22-23H,1,8-9,11,13-15H2,2-6H3. The molecule has 138 valence electrons. The van der Waals surface area contributed by atoms with E-state index in [-0.39, 0.29) is 13.0 Å². The summed E-state index contributed by atoms with van der Waals surface area (Å²) in [4.78, 5) is 11.7. The van der Waals surface area contributed by atoms with Crippen molar-refractivity contribution in [3.8, 4) is 0 Å². The molecule has 24 heavy (non-hydrogen) atoms. The Morgan fingerprint density at radius 1 is 1.12 bits per heavy atom. The Labute approximate surface area is 146 Å². The maximum atomic E-state index is 11.7. The molecule has 2 N–H and O–H groups in total. The SMILES string of the molecule is C=CC(C)(O)CCC=C(CCC=C(C)C)COC(=O)CC(C)(C)O. The Bertz CT molecular complexity index is 461. The van der Waals surface area contributed by atoms with Crippen molar-refractivity contribution in [2.75, 3.05) is 6.61 Å². The van der Waals surface area contributed by atoms with E-state index in [1.807, 2.05) is 19.9 Å². The first-order valence-electron chi connectivity index (χ1n) is 8.50. The highest BCUT2D eigenvalue weighted by Crippen LogP contribution is 2.17. The average molecular weight is 338 g/mol. The molecule has 0 rings (SSSR count). The quantitative estimate of drug-likeness (QED) is 0.440. The molecule has 1 atom stereocenters.